The molecule has 0 radical (unpaired) electrons. The number of carbonyl (C=O) groups is 3. The molecule has 0 heterocycles. The monoisotopic (exact) mass is 1160 g/mol. The predicted molar refractivity (Wildman–Crippen MR) is 362 cm³/mol. The number of allylic oxidation sites excluding steroid dienone is 12. The third-order valence-corrected chi connectivity index (χ3v) is 16.2. The van der Waals surface area contributed by atoms with Gasteiger partial charge in [0, 0.05) is 19.3 Å². The van der Waals surface area contributed by atoms with Gasteiger partial charge in [-0.2, -0.15) is 0 Å². The Kier molecular flexibility index (Phi) is 68.6. The molecule has 0 saturated carbocycles. The van der Waals surface area contributed by atoms with Crippen molar-refractivity contribution in [3.8, 4) is 0 Å². The van der Waals surface area contributed by atoms with Gasteiger partial charge in [0.2, 0.25) is 0 Å². The van der Waals surface area contributed by atoms with E-state index in [1.807, 2.05) is 0 Å². The third kappa shape index (κ3) is 69.5. The van der Waals surface area contributed by atoms with Crippen molar-refractivity contribution in [1.82, 2.24) is 0 Å². The first-order chi connectivity index (χ1) is 41.0. The summed E-state index contributed by atoms with van der Waals surface area (Å²) in [6, 6.07) is 0. The molecule has 6 heteroatoms. The molecule has 0 aromatic carbocycles. The van der Waals surface area contributed by atoms with Gasteiger partial charge in [0.15, 0.2) is 6.10 Å². The second-order valence-corrected chi connectivity index (χ2v) is 24.5. The lowest BCUT2D eigenvalue weighted by atomic mass is 10.0. The number of carbonyl (C=O) groups excluding carboxylic acids is 3. The molecule has 0 aliphatic rings. The normalized spacial score (nSPS) is 12.5. The van der Waals surface area contributed by atoms with Crippen molar-refractivity contribution in [3.63, 3.8) is 0 Å². The zero-order chi connectivity index (χ0) is 59.9. The van der Waals surface area contributed by atoms with Gasteiger partial charge in [0.05, 0.1) is 0 Å². The minimum atomic E-state index is -0.771. The van der Waals surface area contributed by atoms with Gasteiger partial charge >= 0.3 is 17.9 Å². The van der Waals surface area contributed by atoms with Gasteiger partial charge in [0.25, 0.3) is 0 Å². The smallest absolute Gasteiger partial charge is 0.306 e. The van der Waals surface area contributed by atoms with Gasteiger partial charge in [-0.3, -0.25) is 14.4 Å². The van der Waals surface area contributed by atoms with Crippen LogP contribution >= 0.6 is 0 Å². The van der Waals surface area contributed by atoms with Crippen LogP contribution in [-0.4, -0.2) is 37.2 Å². The molecule has 0 aromatic rings. The lowest BCUT2D eigenvalue weighted by molar-refractivity contribution is -0.167. The van der Waals surface area contributed by atoms with Crippen LogP contribution in [0.3, 0.4) is 0 Å². The van der Waals surface area contributed by atoms with Gasteiger partial charge in [0.1, 0.15) is 13.2 Å². The Morgan fingerprint density at radius 1 is 0.253 bits per heavy atom. The second kappa shape index (κ2) is 71.3. The Bertz CT molecular complexity index is 1520. The maximum Gasteiger partial charge on any atom is 0.306 e. The highest BCUT2D eigenvalue weighted by atomic mass is 16.6. The summed E-state index contributed by atoms with van der Waals surface area (Å²) in [6.45, 7) is 6.49. The summed E-state index contributed by atoms with van der Waals surface area (Å²) in [7, 11) is 0. The quantitative estimate of drug-likeness (QED) is 0.0261. The largest absolute Gasteiger partial charge is 0.462 e. The Morgan fingerprint density at radius 3 is 0.747 bits per heavy atom. The van der Waals surface area contributed by atoms with Crippen molar-refractivity contribution in [2.75, 3.05) is 13.2 Å². The molecule has 0 rings (SSSR count). The Hall–Kier alpha value is -3.15. The number of ether oxygens (including phenoxy) is 3. The summed E-state index contributed by atoms with van der Waals surface area (Å²) < 4.78 is 16.8. The fraction of sp³-hybridized carbons (Fsp3) is 0.805. The summed E-state index contributed by atoms with van der Waals surface area (Å²) in [6.07, 6.45) is 94.3. The van der Waals surface area contributed by atoms with E-state index in [2.05, 4.69) is 93.7 Å². The Labute approximate surface area is 516 Å². The average molecular weight is 1160 g/mol. The molecule has 0 N–H and O–H groups in total. The van der Waals surface area contributed by atoms with Gasteiger partial charge < -0.3 is 14.2 Å². The molecule has 0 aliphatic heterocycles. The summed E-state index contributed by atoms with van der Waals surface area (Å²) in [5, 5.41) is 0. The molecule has 83 heavy (non-hydrogen) atoms. The Balaban J connectivity index is 3.93. The fourth-order valence-corrected chi connectivity index (χ4v) is 10.8. The highest BCUT2D eigenvalue weighted by Gasteiger charge is 2.19. The van der Waals surface area contributed by atoms with Crippen molar-refractivity contribution in [1.29, 1.82) is 0 Å². The van der Waals surface area contributed by atoms with Crippen molar-refractivity contribution in [3.05, 3.63) is 72.9 Å². The first-order valence-electron chi connectivity index (χ1n) is 36.4. The van der Waals surface area contributed by atoms with Crippen molar-refractivity contribution < 1.29 is 28.6 Å². The number of rotatable bonds is 67. The summed E-state index contributed by atoms with van der Waals surface area (Å²) in [5.41, 5.74) is 0. The molecule has 482 valence electrons. The van der Waals surface area contributed by atoms with E-state index >= 15 is 0 Å². The van der Waals surface area contributed by atoms with Gasteiger partial charge in [-0.15, -0.1) is 0 Å². The zero-order valence-corrected chi connectivity index (χ0v) is 55.5. The van der Waals surface area contributed by atoms with E-state index in [-0.39, 0.29) is 31.1 Å². The van der Waals surface area contributed by atoms with E-state index in [0.29, 0.717) is 19.3 Å². The van der Waals surface area contributed by atoms with Crippen LogP contribution < -0.4 is 0 Å². The van der Waals surface area contributed by atoms with Crippen LogP contribution in [0.2, 0.25) is 0 Å². The van der Waals surface area contributed by atoms with Crippen molar-refractivity contribution in [2.24, 2.45) is 0 Å². The molecule has 1 unspecified atom stereocenters. The first kappa shape index (κ1) is 79.8. The standard InChI is InChI=1S/C77H138O6/c1-4-7-10-13-15-17-19-21-23-25-27-29-31-33-35-37-38-40-41-43-45-47-49-51-53-55-57-59-61-64-67-70-76(79)82-73-74(72-81-75(78)69-66-63-12-9-6-3)83-77(80)71-68-65-62-60-58-56-54-52-50-48-46-44-42-39-36-34-32-30-28-26-24-22-20-18-16-14-11-8-5-2/h8,11,16,18,22,24-25,27-28,30,34,36,74H,4-7,9-10,12-15,17,19-21,23,26,29,31-33,35,37-73H2,1-3H3/b11-8-,18-16-,24-22-,27-25-,30-28-,36-34-. The lowest BCUT2D eigenvalue weighted by Crippen LogP contribution is -2.30. The maximum atomic E-state index is 12.9. The maximum absolute atomic E-state index is 12.9. The van der Waals surface area contributed by atoms with E-state index in [9.17, 15) is 14.4 Å². The number of esters is 3. The van der Waals surface area contributed by atoms with E-state index in [1.54, 1.807) is 0 Å². The third-order valence-electron chi connectivity index (χ3n) is 16.2. The topological polar surface area (TPSA) is 78.9 Å². The van der Waals surface area contributed by atoms with Crippen LogP contribution in [0.25, 0.3) is 0 Å². The van der Waals surface area contributed by atoms with Crippen LogP contribution in [0.1, 0.15) is 380 Å². The number of unbranched alkanes of at least 4 members (excludes halogenated alkanes) is 44. The van der Waals surface area contributed by atoms with Crippen LogP contribution in [0.4, 0.5) is 0 Å². The molecule has 0 bridgehead atoms. The van der Waals surface area contributed by atoms with E-state index in [0.717, 1.165) is 96.3 Å². The fourth-order valence-electron chi connectivity index (χ4n) is 10.8. The lowest BCUT2D eigenvalue weighted by Gasteiger charge is -2.18. The highest BCUT2D eigenvalue weighted by molar-refractivity contribution is 5.71. The molecule has 0 aliphatic carbocycles. The second-order valence-electron chi connectivity index (χ2n) is 24.5. The average Bonchev–Trinajstić information content (AvgIpc) is 3.48. The SMILES string of the molecule is CC/C=C\C/C=C\C/C=C\C/C=C\C/C=C\CCCCCCCCCCCCCCCC(=O)OC(COC(=O)CCCCCCC)COC(=O)CCCCCCCCCCCCCCCCCCCCC/C=C\CCCCCCCCCC. The molecule has 0 saturated heterocycles. The molecule has 0 fully saturated rings. The molecular formula is C77H138O6. The van der Waals surface area contributed by atoms with Crippen molar-refractivity contribution in [2.45, 2.75) is 386 Å². The van der Waals surface area contributed by atoms with Crippen molar-refractivity contribution >= 4 is 17.9 Å². The molecular weight excluding hydrogens is 1020 g/mol. The number of hydrogen-bond acceptors (Lipinski definition) is 6. The Morgan fingerprint density at radius 2 is 0.470 bits per heavy atom. The van der Waals surface area contributed by atoms with E-state index < -0.39 is 6.10 Å². The summed E-state index contributed by atoms with van der Waals surface area (Å²) in [4.78, 5) is 38.1. The first-order valence-corrected chi connectivity index (χ1v) is 36.4. The van der Waals surface area contributed by atoms with Gasteiger partial charge in [-0.1, -0.05) is 344 Å². The highest BCUT2D eigenvalue weighted by Crippen LogP contribution is 2.18. The van der Waals surface area contributed by atoms with Crippen LogP contribution in [0.15, 0.2) is 72.9 Å². The summed E-state index contributed by atoms with van der Waals surface area (Å²) >= 11 is 0. The van der Waals surface area contributed by atoms with E-state index in [4.69, 9.17) is 14.2 Å². The molecule has 0 amide bonds. The molecule has 1 atom stereocenters. The zero-order valence-electron chi connectivity index (χ0n) is 55.5. The predicted octanol–water partition coefficient (Wildman–Crippen LogP) is 25.2. The van der Waals surface area contributed by atoms with Gasteiger partial charge in [-0.25, -0.2) is 0 Å². The molecule has 0 aromatic heterocycles. The minimum absolute atomic E-state index is 0.0712. The van der Waals surface area contributed by atoms with Crippen LogP contribution in [-0.2, 0) is 28.6 Å². The minimum Gasteiger partial charge on any atom is -0.462 e. The molecule has 6 nitrogen and oxygen atoms in total. The number of hydrogen-bond donors (Lipinski definition) is 0. The van der Waals surface area contributed by atoms with Crippen LogP contribution in [0.5, 0.6) is 0 Å². The van der Waals surface area contributed by atoms with E-state index in [1.165, 1.54) is 244 Å². The molecule has 0 spiro atoms. The summed E-state index contributed by atoms with van der Waals surface area (Å²) in [5.74, 6) is -0.867. The van der Waals surface area contributed by atoms with Gasteiger partial charge in [-0.05, 0) is 89.9 Å². The van der Waals surface area contributed by atoms with Crippen LogP contribution in [0, 0.1) is 0 Å².